The second-order valence-corrected chi connectivity index (χ2v) is 6.77. The molecule has 0 fully saturated rings. The van der Waals surface area contributed by atoms with Crippen molar-refractivity contribution in [2.75, 3.05) is 11.9 Å². The Morgan fingerprint density at radius 2 is 2.04 bits per heavy atom. The third-order valence-electron chi connectivity index (χ3n) is 3.92. The summed E-state index contributed by atoms with van der Waals surface area (Å²) in [6, 6.07) is 2.39. The van der Waals surface area contributed by atoms with Crippen LogP contribution in [-0.4, -0.2) is 28.3 Å². The molecule has 1 aromatic carbocycles. The van der Waals surface area contributed by atoms with Crippen LogP contribution >= 0.6 is 0 Å². The van der Waals surface area contributed by atoms with Crippen LogP contribution in [0.3, 0.4) is 0 Å². The van der Waals surface area contributed by atoms with Crippen molar-refractivity contribution in [2.24, 2.45) is 11.8 Å². The van der Waals surface area contributed by atoms with Crippen LogP contribution in [0.4, 0.5) is 10.1 Å². The molecule has 0 bridgehead atoms. The lowest BCUT2D eigenvalue weighted by molar-refractivity contribution is -0.120. The summed E-state index contributed by atoms with van der Waals surface area (Å²) in [6.07, 6.45) is 2.08. The molecule has 140 valence electrons. The van der Waals surface area contributed by atoms with Crippen LogP contribution in [0, 0.1) is 17.7 Å². The van der Waals surface area contributed by atoms with Gasteiger partial charge in [-0.05, 0) is 24.3 Å². The first-order chi connectivity index (χ1) is 12.3. The summed E-state index contributed by atoms with van der Waals surface area (Å²) in [5, 5.41) is 5.43. The van der Waals surface area contributed by atoms with Crippen LogP contribution in [0.15, 0.2) is 23.3 Å². The molecule has 1 atom stereocenters. The average molecular weight is 362 g/mol. The monoisotopic (exact) mass is 362 g/mol. The number of halogens is 1. The SMILES string of the molecule is CC(=O)NC[C@H](CC(=O)Nc1cc2c(=O)[nH]cnc2cc1F)CC(C)C. The summed E-state index contributed by atoms with van der Waals surface area (Å²) >= 11 is 0. The molecule has 0 aliphatic carbocycles. The number of fused-ring (bicyclic) bond motifs is 1. The molecular formula is C18H23FN4O3. The van der Waals surface area contributed by atoms with Gasteiger partial charge in [-0.2, -0.15) is 0 Å². The van der Waals surface area contributed by atoms with E-state index in [4.69, 9.17) is 0 Å². The van der Waals surface area contributed by atoms with Gasteiger partial charge in [-0.1, -0.05) is 13.8 Å². The lowest BCUT2D eigenvalue weighted by Gasteiger charge is -2.19. The van der Waals surface area contributed by atoms with Crippen LogP contribution in [0.1, 0.15) is 33.6 Å². The van der Waals surface area contributed by atoms with E-state index in [0.717, 1.165) is 12.5 Å². The van der Waals surface area contributed by atoms with Gasteiger partial charge in [-0.25, -0.2) is 9.37 Å². The highest BCUT2D eigenvalue weighted by atomic mass is 19.1. The Hall–Kier alpha value is -2.77. The average Bonchev–Trinajstić information content (AvgIpc) is 2.53. The second kappa shape index (κ2) is 8.55. The van der Waals surface area contributed by atoms with Crippen LogP contribution in [-0.2, 0) is 9.59 Å². The normalized spacial score (nSPS) is 12.2. The van der Waals surface area contributed by atoms with E-state index in [0.29, 0.717) is 12.5 Å². The van der Waals surface area contributed by atoms with E-state index in [1.165, 1.54) is 19.3 Å². The van der Waals surface area contributed by atoms with Crippen molar-refractivity contribution in [3.63, 3.8) is 0 Å². The molecule has 0 saturated heterocycles. The number of aromatic nitrogens is 2. The minimum Gasteiger partial charge on any atom is -0.356 e. The largest absolute Gasteiger partial charge is 0.356 e. The minimum absolute atomic E-state index is 0.0625. The zero-order valence-corrected chi connectivity index (χ0v) is 15.1. The van der Waals surface area contributed by atoms with Gasteiger partial charge in [0.25, 0.3) is 5.56 Å². The molecule has 0 aliphatic heterocycles. The fourth-order valence-corrected chi connectivity index (χ4v) is 2.84. The Balaban J connectivity index is 2.13. The molecular weight excluding hydrogens is 339 g/mol. The molecule has 0 spiro atoms. The molecule has 7 nitrogen and oxygen atoms in total. The van der Waals surface area contributed by atoms with E-state index in [2.05, 4.69) is 20.6 Å². The number of carbonyl (C=O) groups is 2. The van der Waals surface area contributed by atoms with Crippen LogP contribution in [0.2, 0.25) is 0 Å². The Bertz CT molecular complexity index is 863. The first-order valence-electron chi connectivity index (χ1n) is 8.47. The van der Waals surface area contributed by atoms with E-state index in [1.54, 1.807) is 0 Å². The fraction of sp³-hybridized carbons (Fsp3) is 0.444. The third-order valence-corrected chi connectivity index (χ3v) is 3.92. The standard InChI is InChI=1S/C18H23FN4O3/c1-10(2)4-12(8-20-11(3)24)5-17(25)23-16-6-13-15(7-14(16)19)21-9-22-18(13)26/h6-7,9-10,12H,4-5,8H2,1-3H3,(H,20,24)(H,23,25)(H,21,22,26)/t12-/m0/s1. The molecule has 8 heteroatoms. The van der Waals surface area contributed by atoms with Crippen molar-refractivity contribution in [1.29, 1.82) is 0 Å². The smallest absolute Gasteiger partial charge is 0.258 e. The topological polar surface area (TPSA) is 104 Å². The van der Waals surface area contributed by atoms with Crippen LogP contribution < -0.4 is 16.2 Å². The number of nitrogens with one attached hydrogen (secondary N) is 3. The van der Waals surface area contributed by atoms with E-state index < -0.39 is 11.4 Å². The first-order valence-corrected chi connectivity index (χ1v) is 8.47. The predicted molar refractivity (Wildman–Crippen MR) is 97.2 cm³/mol. The van der Waals surface area contributed by atoms with Crippen molar-refractivity contribution >= 4 is 28.4 Å². The molecule has 2 rings (SSSR count). The molecule has 1 aromatic heterocycles. The van der Waals surface area contributed by atoms with E-state index in [1.807, 2.05) is 13.8 Å². The number of amides is 2. The maximum absolute atomic E-state index is 14.2. The van der Waals surface area contributed by atoms with Gasteiger partial charge in [0, 0.05) is 26.0 Å². The molecule has 0 radical (unpaired) electrons. The summed E-state index contributed by atoms with van der Waals surface area (Å²) in [6.45, 7) is 5.86. The van der Waals surface area contributed by atoms with E-state index in [9.17, 15) is 18.8 Å². The van der Waals surface area contributed by atoms with Gasteiger partial charge in [0.15, 0.2) is 0 Å². The molecule has 0 unspecified atom stereocenters. The summed E-state index contributed by atoms with van der Waals surface area (Å²) in [7, 11) is 0. The zero-order valence-electron chi connectivity index (χ0n) is 15.1. The molecule has 2 amide bonds. The number of H-pyrrole nitrogens is 1. The van der Waals surface area contributed by atoms with Gasteiger partial charge in [0.05, 0.1) is 22.9 Å². The number of carbonyl (C=O) groups excluding carboxylic acids is 2. The maximum Gasteiger partial charge on any atom is 0.258 e. The highest BCUT2D eigenvalue weighted by Gasteiger charge is 2.18. The molecule has 1 heterocycles. The lowest BCUT2D eigenvalue weighted by Crippen LogP contribution is -2.30. The van der Waals surface area contributed by atoms with Crippen LogP contribution in [0.25, 0.3) is 10.9 Å². The van der Waals surface area contributed by atoms with Crippen molar-refractivity contribution in [2.45, 2.75) is 33.6 Å². The molecule has 2 aromatic rings. The number of hydrogen-bond donors (Lipinski definition) is 3. The van der Waals surface area contributed by atoms with Gasteiger partial charge in [0.2, 0.25) is 11.8 Å². The van der Waals surface area contributed by atoms with Crippen molar-refractivity contribution in [1.82, 2.24) is 15.3 Å². The lowest BCUT2D eigenvalue weighted by atomic mass is 9.93. The number of hydrogen-bond acceptors (Lipinski definition) is 4. The highest BCUT2D eigenvalue weighted by molar-refractivity contribution is 5.93. The first kappa shape index (κ1) is 19.6. The molecule has 0 aliphatic rings. The maximum atomic E-state index is 14.2. The summed E-state index contributed by atoms with van der Waals surface area (Å²) in [5.41, 5.74) is -0.259. The minimum atomic E-state index is -0.661. The number of benzene rings is 1. The number of anilines is 1. The van der Waals surface area contributed by atoms with Crippen molar-refractivity contribution in [3.05, 3.63) is 34.6 Å². The Morgan fingerprint density at radius 1 is 1.31 bits per heavy atom. The third kappa shape index (κ3) is 5.37. The van der Waals surface area contributed by atoms with Gasteiger partial charge in [-0.3, -0.25) is 14.4 Å². The van der Waals surface area contributed by atoms with Crippen molar-refractivity contribution < 1.29 is 14.0 Å². The Labute approximate surface area is 150 Å². The summed E-state index contributed by atoms with van der Waals surface area (Å²) in [5.74, 6) is -0.909. The highest BCUT2D eigenvalue weighted by Crippen LogP contribution is 2.21. The molecule has 26 heavy (non-hydrogen) atoms. The Kier molecular flexibility index (Phi) is 6.43. The quantitative estimate of drug-likeness (QED) is 0.702. The number of rotatable bonds is 7. The Morgan fingerprint density at radius 3 is 2.69 bits per heavy atom. The predicted octanol–water partition coefficient (Wildman–Crippen LogP) is 2.19. The van der Waals surface area contributed by atoms with Crippen molar-refractivity contribution in [3.8, 4) is 0 Å². The zero-order chi connectivity index (χ0) is 19.3. The summed E-state index contributed by atoms with van der Waals surface area (Å²) < 4.78 is 14.2. The van der Waals surface area contributed by atoms with E-state index >= 15 is 0 Å². The number of aromatic amines is 1. The van der Waals surface area contributed by atoms with E-state index in [-0.39, 0.29) is 40.7 Å². The molecule has 3 N–H and O–H groups in total. The summed E-state index contributed by atoms with van der Waals surface area (Å²) in [4.78, 5) is 41.6. The molecule has 0 saturated carbocycles. The van der Waals surface area contributed by atoms with Gasteiger partial charge >= 0.3 is 0 Å². The van der Waals surface area contributed by atoms with Crippen LogP contribution in [0.5, 0.6) is 0 Å². The van der Waals surface area contributed by atoms with Gasteiger partial charge < -0.3 is 15.6 Å². The fourth-order valence-electron chi connectivity index (χ4n) is 2.84. The number of nitrogens with zero attached hydrogens (tertiary/aromatic N) is 1. The second-order valence-electron chi connectivity index (χ2n) is 6.77. The van der Waals surface area contributed by atoms with Gasteiger partial charge in [0.1, 0.15) is 5.82 Å². The van der Waals surface area contributed by atoms with Gasteiger partial charge in [-0.15, -0.1) is 0 Å².